The summed E-state index contributed by atoms with van der Waals surface area (Å²) in [5, 5.41) is 2.90. The van der Waals surface area contributed by atoms with Crippen LogP contribution in [0.2, 0.25) is 0 Å². The van der Waals surface area contributed by atoms with E-state index in [2.05, 4.69) is 12.2 Å². The molecule has 1 aromatic carbocycles. The third-order valence-corrected chi connectivity index (χ3v) is 4.48. The summed E-state index contributed by atoms with van der Waals surface area (Å²) in [4.78, 5) is 13.7. The Morgan fingerprint density at radius 1 is 1.13 bits per heavy atom. The van der Waals surface area contributed by atoms with E-state index in [0.29, 0.717) is 18.0 Å². The average molecular weight is 335 g/mol. The number of nitrogens with one attached hydrogen (secondary N) is 1. The second-order valence-corrected chi connectivity index (χ2v) is 6.33. The Morgan fingerprint density at radius 3 is 2.61 bits per heavy atom. The molecule has 1 aromatic heterocycles. The number of amides is 1. The van der Waals surface area contributed by atoms with Crippen molar-refractivity contribution in [1.82, 2.24) is 5.32 Å². The van der Waals surface area contributed by atoms with E-state index in [9.17, 15) is 9.18 Å². The topological polar surface area (TPSA) is 38.3 Å². The number of carbonyl (C=O) groups is 1. The SMILES string of the molecule is CCCCOCCCNC(=O)c1ccc(-c2ccc(F)cc2)s1. The first-order chi connectivity index (χ1) is 11.2. The number of carbonyl (C=O) groups excluding carboxylic acids is 1. The maximum absolute atomic E-state index is 12.9. The van der Waals surface area contributed by atoms with Gasteiger partial charge in [0.1, 0.15) is 5.82 Å². The van der Waals surface area contributed by atoms with Gasteiger partial charge in [0.05, 0.1) is 4.88 Å². The van der Waals surface area contributed by atoms with Crippen LogP contribution in [0.1, 0.15) is 35.9 Å². The van der Waals surface area contributed by atoms with Gasteiger partial charge >= 0.3 is 0 Å². The molecule has 0 aliphatic carbocycles. The lowest BCUT2D eigenvalue weighted by atomic mass is 10.2. The van der Waals surface area contributed by atoms with Crippen molar-refractivity contribution in [3.8, 4) is 10.4 Å². The van der Waals surface area contributed by atoms with Gasteiger partial charge in [0.2, 0.25) is 0 Å². The van der Waals surface area contributed by atoms with Crippen LogP contribution in [0.3, 0.4) is 0 Å². The Morgan fingerprint density at radius 2 is 1.87 bits per heavy atom. The first-order valence-electron chi connectivity index (χ1n) is 7.92. The Kier molecular flexibility index (Phi) is 7.23. The molecule has 0 radical (unpaired) electrons. The molecular formula is C18H22FNO2S. The highest BCUT2D eigenvalue weighted by atomic mass is 32.1. The molecule has 1 heterocycles. The quantitative estimate of drug-likeness (QED) is 0.686. The molecule has 2 aromatic rings. The third kappa shape index (κ3) is 5.77. The third-order valence-electron chi connectivity index (χ3n) is 3.35. The summed E-state index contributed by atoms with van der Waals surface area (Å²) < 4.78 is 18.4. The van der Waals surface area contributed by atoms with Crippen LogP contribution in [0.25, 0.3) is 10.4 Å². The number of rotatable bonds is 9. The molecule has 5 heteroatoms. The van der Waals surface area contributed by atoms with Gasteiger partial charge in [0, 0.05) is 24.6 Å². The largest absolute Gasteiger partial charge is 0.381 e. The van der Waals surface area contributed by atoms with Gasteiger partial charge in [-0.3, -0.25) is 4.79 Å². The monoisotopic (exact) mass is 335 g/mol. The van der Waals surface area contributed by atoms with Crippen LogP contribution in [0.5, 0.6) is 0 Å². The van der Waals surface area contributed by atoms with Gasteiger partial charge < -0.3 is 10.1 Å². The van der Waals surface area contributed by atoms with Crippen molar-refractivity contribution in [3.05, 3.63) is 47.1 Å². The van der Waals surface area contributed by atoms with Gasteiger partial charge in [-0.05, 0) is 42.7 Å². The lowest BCUT2D eigenvalue weighted by molar-refractivity contribution is 0.0944. The van der Waals surface area contributed by atoms with Crippen LogP contribution in [0.15, 0.2) is 36.4 Å². The van der Waals surface area contributed by atoms with E-state index in [1.165, 1.54) is 23.5 Å². The number of ether oxygens (including phenoxy) is 1. The fourth-order valence-corrected chi connectivity index (χ4v) is 2.97. The zero-order valence-corrected chi connectivity index (χ0v) is 14.1. The molecule has 0 bridgehead atoms. The zero-order valence-electron chi connectivity index (χ0n) is 13.3. The van der Waals surface area contributed by atoms with Crippen molar-refractivity contribution in [1.29, 1.82) is 0 Å². The van der Waals surface area contributed by atoms with Crippen molar-refractivity contribution >= 4 is 17.2 Å². The zero-order chi connectivity index (χ0) is 16.5. The molecular weight excluding hydrogens is 313 g/mol. The molecule has 0 unspecified atom stereocenters. The van der Waals surface area contributed by atoms with Crippen LogP contribution in [0.4, 0.5) is 4.39 Å². The fourth-order valence-electron chi connectivity index (χ4n) is 2.04. The first kappa shape index (κ1) is 17.6. The molecule has 0 saturated carbocycles. The molecule has 0 spiro atoms. The van der Waals surface area contributed by atoms with E-state index >= 15 is 0 Å². The highest BCUT2D eigenvalue weighted by molar-refractivity contribution is 7.17. The molecule has 0 aliphatic rings. The smallest absolute Gasteiger partial charge is 0.261 e. The van der Waals surface area contributed by atoms with E-state index < -0.39 is 0 Å². The summed E-state index contributed by atoms with van der Waals surface area (Å²) in [6.45, 7) is 4.20. The highest BCUT2D eigenvalue weighted by Crippen LogP contribution is 2.28. The summed E-state index contributed by atoms with van der Waals surface area (Å²) in [7, 11) is 0. The standard InChI is InChI=1S/C18H22FNO2S/c1-2-3-12-22-13-4-11-20-18(21)17-10-9-16(23-17)14-5-7-15(19)8-6-14/h5-10H,2-4,11-13H2,1H3,(H,20,21). The van der Waals surface area contributed by atoms with Crippen LogP contribution in [0, 0.1) is 5.82 Å². The first-order valence-corrected chi connectivity index (χ1v) is 8.74. The van der Waals surface area contributed by atoms with Gasteiger partial charge in [-0.25, -0.2) is 4.39 Å². The molecule has 3 nitrogen and oxygen atoms in total. The molecule has 0 aliphatic heterocycles. The molecule has 0 atom stereocenters. The summed E-state index contributed by atoms with van der Waals surface area (Å²) in [5.41, 5.74) is 0.916. The predicted molar refractivity (Wildman–Crippen MR) is 92.4 cm³/mol. The van der Waals surface area contributed by atoms with Gasteiger partial charge in [0.15, 0.2) is 0 Å². The summed E-state index contributed by atoms with van der Waals surface area (Å²) in [5.74, 6) is -0.332. The molecule has 124 valence electrons. The minimum absolute atomic E-state index is 0.0723. The summed E-state index contributed by atoms with van der Waals surface area (Å²) >= 11 is 1.41. The van der Waals surface area contributed by atoms with E-state index in [1.54, 1.807) is 18.2 Å². The van der Waals surface area contributed by atoms with Crippen molar-refractivity contribution in [2.24, 2.45) is 0 Å². The van der Waals surface area contributed by atoms with Crippen molar-refractivity contribution in [3.63, 3.8) is 0 Å². The van der Waals surface area contributed by atoms with Crippen molar-refractivity contribution < 1.29 is 13.9 Å². The Labute approximate surface area is 140 Å². The summed E-state index contributed by atoms with van der Waals surface area (Å²) in [6.07, 6.45) is 3.02. The molecule has 0 saturated heterocycles. The lowest BCUT2D eigenvalue weighted by Gasteiger charge is -2.04. The fraction of sp³-hybridized carbons (Fsp3) is 0.389. The predicted octanol–water partition coefficient (Wildman–Crippen LogP) is 4.49. The number of hydrogen-bond donors (Lipinski definition) is 1. The van der Waals surface area contributed by atoms with Gasteiger partial charge in [0.25, 0.3) is 5.91 Å². The molecule has 0 fully saturated rings. The van der Waals surface area contributed by atoms with E-state index in [0.717, 1.165) is 36.3 Å². The van der Waals surface area contributed by atoms with Gasteiger partial charge in [-0.2, -0.15) is 0 Å². The second kappa shape index (κ2) is 9.43. The number of benzene rings is 1. The van der Waals surface area contributed by atoms with Crippen LogP contribution in [-0.4, -0.2) is 25.7 Å². The van der Waals surface area contributed by atoms with Gasteiger partial charge in [-0.1, -0.05) is 25.5 Å². The van der Waals surface area contributed by atoms with E-state index in [1.807, 2.05) is 6.07 Å². The van der Waals surface area contributed by atoms with Crippen LogP contribution in [-0.2, 0) is 4.74 Å². The van der Waals surface area contributed by atoms with E-state index in [4.69, 9.17) is 4.74 Å². The van der Waals surface area contributed by atoms with Crippen molar-refractivity contribution in [2.75, 3.05) is 19.8 Å². The van der Waals surface area contributed by atoms with Crippen LogP contribution >= 0.6 is 11.3 Å². The lowest BCUT2D eigenvalue weighted by Crippen LogP contribution is -2.24. The molecule has 2 rings (SSSR count). The van der Waals surface area contributed by atoms with Crippen molar-refractivity contribution in [2.45, 2.75) is 26.2 Å². The molecule has 23 heavy (non-hydrogen) atoms. The minimum atomic E-state index is -0.260. The number of unbranched alkanes of at least 4 members (excludes halogenated alkanes) is 1. The summed E-state index contributed by atoms with van der Waals surface area (Å²) in [6, 6.07) is 9.98. The van der Waals surface area contributed by atoms with Crippen LogP contribution < -0.4 is 5.32 Å². The highest BCUT2D eigenvalue weighted by Gasteiger charge is 2.09. The normalized spacial score (nSPS) is 10.7. The van der Waals surface area contributed by atoms with E-state index in [-0.39, 0.29) is 11.7 Å². The Hall–Kier alpha value is -1.72. The maximum atomic E-state index is 12.9. The minimum Gasteiger partial charge on any atom is -0.381 e. The molecule has 1 N–H and O–H groups in total. The molecule has 1 amide bonds. The Balaban J connectivity index is 1.76. The number of hydrogen-bond acceptors (Lipinski definition) is 3. The maximum Gasteiger partial charge on any atom is 0.261 e. The number of halogens is 1. The second-order valence-electron chi connectivity index (χ2n) is 5.25. The average Bonchev–Trinajstić information content (AvgIpc) is 3.04. The number of thiophene rings is 1. The van der Waals surface area contributed by atoms with Gasteiger partial charge in [-0.15, -0.1) is 11.3 Å². The Bertz CT molecular complexity index is 610.